The number of amides is 3. The van der Waals surface area contributed by atoms with Gasteiger partial charge < -0.3 is 43.4 Å². The summed E-state index contributed by atoms with van der Waals surface area (Å²) in [6.07, 6.45) is -0.385. The lowest BCUT2D eigenvalue weighted by atomic mass is 10.0. The number of carboxylic acid groups (broad SMARTS) is 2. The molecule has 0 aliphatic heterocycles. The van der Waals surface area contributed by atoms with Crippen LogP contribution < -0.4 is 33.2 Å². The van der Waals surface area contributed by atoms with Gasteiger partial charge in [0.25, 0.3) is 0 Å². The third kappa shape index (κ3) is 12.8. The van der Waals surface area contributed by atoms with E-state index in [0.717, 1.165) is 0 Å². The van der Waals surface area contributed by atoms with Crippen molar-refractivity contribution in [2.75, 3.05) is 12.3 Å². The number of aliphatic carboxylic acids is 2. The summed E-state index contributed by atoms with van der Waals surface area (Å²) >= 11 is 3.96. The molecular formula is C19H35N7O7S. The minimum Gasteiger partial charge on any atom is -0.481 e. The van der Waals surface area contributed by atoms with Crippen molar-refractivity contribution in [2.45, 2.75) is 63.7 Å². The molecule has 4 atom stereocenters. The zero-order valence-corrected chi connectivity index (χ0v) is 20.1. The molecule has 194 valence electrons. The Morgan fingerprint density at radius 1 is 0.912 bits per heavy atom. The maximum atomic E-state index is 12.9. The van der Waals surface area contributed by atoms with Crippen molar-refractivity contribution in [3.63, 3.8) is 0 Å². The molecule has 11 N–H and O–H groups in total. The number of nitrogens with two attached hydrogens (primary N) is 3. The quantitative estimate of drug-likeness (QED) is 0.0456. The van der Waals surface area contributed by atoms with Gasteiger partial charge in [-0.05, 0) is 25.2 Å². The second kappa shape index (κ2) is 15.7. The number of nitrogens with zero attached hydrogens (tertiary/aromatic N) is 1. The average molecular weight is 506 g/mol. The highest BCUT2D eigenvalue weighted by Crippen LogP contribution is 2.08. The van der Waals surface area contributed by atoms with E-state index in [1.54, 1.807) is 0 Å². The second-order valence-electron chi connectivity index (χ2n) is 7.99. The largest absolute Gasteiger partial charge is 0.481 e. The average Bonchev–Trinajstić information content (AvgIpc) is 2.72. The zero-order valence-electron chi connectivity index (χ0n) is 19.2. The molecule has 0 aliphatic rings. The van der Waals surface area contributed by atoms with E-state index in [-0.39, 0.29) is 43.4 Å². The second-order valence-corrected chi connectivity index (χ2v) is 8.35. The van der Waals surface area contributed by atoms with Crippen LogP contribution in [0.5, 0.6) is 0 Å². The van der Waals surface area contributed by atoms with Gasteiger partial charge in [-0.1, -0.05) is 13.8 Å². The van der Waals surface area contributed by atoms with Crippen molar-refractivity contribution < 1.29 is 34.2 Å². The van der Waals surface area contributed by atoms with Crippen LogP contribution in [0, 0.1) is 5.92 Å². The molecule has 15 heteroatoms. The number of hydrogen-bond acceptors (Lipinski definition) is 8. The first kappa shape index (κ1) is 30.9. The molecule has 0 saturated heterocycles. The molecular weight excluding hydrogens is 470 g/mol. The number of hydrogen-bond donors (Lipinski definition) is 9. The van der Waals surface area contributed by atoms with Crippen molar-refractivity contribution in [1.29, 1.82) is 0 Å². The predicted octanol–water partition coefficient (Wildman–Crippen LogP) is -2.64. The lowest BCUT2D eigenvalue weighted by molar-refractivity contribution is -0.147. The lowest BCUT2D eigenvalue weighted by Gasteiger charge is -2.25. The fraction of sp³-hybridized carbons (Fsp3) is 0.684. The maximum absolute atomic E-state index is 12.9. The molecule has 0 fully saturated rings. The van der Waals surface area contributed by atoms with Crippen LogP contribution in [-0.4, -0.2) is 82.3 Å². The molecule has 34 heavy (non-hydrogen) atoms. The SMILES string of the molecule is CC(C)CC(NC(=O)C(N)CS)C(=O)NC(CCCN=C(N)N)C(=O)NC(CC(=O)O)C(=O)O. The van der Waals surface area contributed by atoms with Crippen LogP contribution in [0.1, 0.15) is 39.5 Å². The smallest absolute Gasteiger partial charge is 0.326 e. The predicted molar refractivity (Wildman–Crippen MR) is 127 cm³/mol. The number of nitrogens with one attached hydrogen (secondary N) is 3. The first-order valence-electron chi connectivity index (χ1n) is 10.6. The fourth-order valence-corrected chi connectivity index (χ4v) is 2.92. The number of carbonyl (C=O) groups excluding carboxylic acids is 3. The van der Waals surface area contributed by atoms with Gasteiger partial charge in [0, 0.05) is 12.3 Å². The topological polar surface area (TPSA) is 252 Å². The number of rotatable bonds is 16. The highest BCUT2D eigenvalue weighted by atomic mass is 32.1. The zero-order chi connectivity index (χ0) is 26.4. The van der Waals surface area contributed by atoms with Crippen LogP contribution in [0.4, 0.5) is 0 Å². The molecule has 3 amide bonds. The Hall–Kier alpha value is -3.07. The summed E-state index contributed by atoms with van der Waals surface area (Å²) in [6.45, 7) is 3.78. The molecule has 0 bridgehead atoms. The van der Waals surface area contributed by atoms with E-state index >= 15 is 0 Å². The van der Waals surface area contributed by atoms with Gasteiger partial charge in [0.05, 0.1) is 12.5 Å². The van der Waals surface area contributed by atoms with Gasteiger partial charge in [-0.25, -0.2) is 4.79 Å². The lowest BCUT2D eigenvalue weighted by Crippen LogP contribution is -2.57. The Balaban J connectivity index is 5.61. The minimum absolute atomic E-state index is 0.00621. The molecule has 0 rings (SSSR count). The van der Waals surface area contributed by atoms with Gasteiger partial charge in [0.15, 0.2) is 5.96 Å². The summed E-state index contributed by atoms with van der Waals surface area (Å²) in [4.78, 5) is 63.9. The summed E-state index contributed by atoms with van der Waals surface area (Å²) in [5.41, 5.74) is 16.2. The highest BCUT2D eigenvalue weighted by Gasteiger charge is 2.31. The molecule has 0 radical (unpaired) electrons. The fourth-order valence-electron chi connectivity index (χ4n) is 2.76. The van der Waals surface area contributed by atoms with Crippen LogP contribution in [0.3, 0.4) is 0 Å². The van der Waals surface area contributed by atoms with Gasteiger partial charge in [-0.2, -0.15) is 12.6 Å². The first-order valence-corrected chi connectivity index (χ1v) is 11.2. The molecule has 0 spiro atoms. The van der Waals surface area contributed by atoms with Crippen molar-refractivity contribution in [3.8, 4) is 0 Å². The van der Waals surface area contributed by atoms with Gasteiger partial charge in [-0.15, -0.1) is 0 Å². The summed E-state index contributed by atoms with van der Waals surface area (Å²) in [5.74, 6) is -5.31. The van der Waals surface area contributed by atoms with Gasteiger partial charge in [0.1, 0.15) is 18.1 Å². The molecule has 0 aromatic rings. The van der Waals surface area contributed by atoms with Gasteiger partial charge in [-0.3, -0.25) is 24.2 Å². The molecule has 0 saturated carbocycles. The van der Waals surface area contributed by atoms with Crippen LogP contribution in [0.15, 0.2) is 4.99 Å². The number of guanidine groups is 1. The Bertz CT molecular complexity index is 759. The number of carboxylic acids is 2. The molecule has 4 unspecified atom stereocenters. The molecule has 0 aliphatic carbocycles. The van der Waals surface area contributed by atoms with Gasteiger partial charge in [0.2, 0.25) is 17.7 Å². The van der Waals surface area contributed by atoms with Crippen LogP contribution in [0.2, 0.25) is 0 Å². The molecule has 0 aromatic carbocycles. The van der Waals surface area contributed by atoms with E-state index in [0.29, 0.717) is 0 Å². The summed E-state index contributed by atoms with van der Waals surface area (Å²) in [7, 11) is 0. The molecule has 0 heterocycles. The maximum Gasteiger partial charge on any atom is 0.326 e. The summed E-state index contributed by atoms with van der Waals surface area (Å²) < 4.78 is 0. The Morgan fingerprint density at radius 2 is 1.44 bits per heavy atom. The van der Waals surface area contributed by atoms with Crippen molar-refractivity contribution in [3.05, 3.63) is 0 Å². The van der Waals surface area contributed by atoms with Crippen molar-refractivity contribution >= 4 is 48.2 Å². The monoisotopic (exact) mass is 505 g/mol. The van der Waals surface area contributed by atoms with E-state index in [1.165, 1.54) is 0 Å². The standard InChI is InChI=1S/C19H35N7O7S/c1-9(2)6-12(25-15(29)10(20)8-34)17(31)24-11(4-3-5-23-19(21)22)16(30)26-13(18(32)33)7-14(27)28/h9-13,34H,3-8,20H2,1-2H3,(H,24,31)(H,25,29)(H,26,30)(H,27,28)(H,32,33)(H4,21,22,23). The molecule has 0 aromatic heterocycles. The van der Waals surface area contributed by atoms with E-state index in [4.69, 9.17) is 22.3 Å². The third-order valence-corrected chi connectivity index (χ3v) is 4.84. The first-order chi connectivity index (χ1) is 15.8. The Morgan fingerprint density at radius 3 is 1.91 bits per heavy atom. The highest BCUT2D eigenvalue weighted by molar-refractivity contribution is 7.80. The molecule has 14 nitrogen and oxygen atoms in total. The van der Waals surface area contributed by atoms with Crippen molar-refractivity contribution in [2.24, 2.45) is 28.1 Å². The van der Waals surface area contributed by atoms with Crippen molar-refractivity contribution in [1.82, 2.24) is 16.0 Å². The summed E-state index contributed by atoms with van der Waals surface area (Å²) in [5, 5.41) is 25.2. The van der Waals surface area contributed by atoms with Crippen LogP contribution in [-0.2, 0) is 24.0 Å². The number of aliphatic imine (C=N–C) groups is 1. The Kier molecular flexibility index (Phi) is 14.3. The van der Waals surface area contributed by atoms with Gasteiger partial charge >= 0.3 is 11.9 Å². The Labute approximate surface area is 202 Å². The van der Waals surface area contributed by atoms with E-state index < -0.39 is 60.2 Å². The number of carbonyl (C=O) groups is 5. The van der Waals surface area contributed by atoms with E-state index in [9.17, 15) is 29.1 Å². The van der Waals surface area contributed by atoms with Crippen LogP contribution in [0.25, 0.3) is 0 Å². The minimum atomic E-state index is -1.71. The van der Waals surface area contributed by atoms with Crippen LogP contribution >= 0.6 is 12.6 Å². The van der Waals surface area contributed by atoms with E-state index in [1.807, 2.05) is 13.8 Å². The normalized spacial score (nSPS) is 14.3. The number of thiol groups is 1. The van der Waals surface area contributed by atoms with E-state index in [2.05, 4.69) is 33.6 Å². The summed E-state index contributed by atoms with van der Waals surface area (Å²) in [6, 6.07) is -4.93. The third-order valence-electron chi connectivity index (χ3n) is 4.45.